The Morgan fingerprint density at radius 3 is 2.40 bits per heavy atom. The zero-order valence-corrected chi connectivity index (χ0v) is 14.7. The monoisotopic (exact) mass is 372 g/mol. The number of hydrogen-bond acceptors (Lipinski definition) is 4. The van der Waals surface area contributed by atoms with Gasteiger partial charge < -0.3 is 10.0 Å². The average Bonchev–Trinajstić information content (AvgIpc) is 2.59. The molecular formula is C16H21FN2O5S. The molecule has 25 heavy (non-hydrogen) atoms. The molecule has 1 aromatic carbocycles. The Bertz CT molecular complexity index is 745. The van der Waals surface area contributed by atoms with Gasteiger partial charge >= 0.3 is 5.97 Å². The summed E-state index contributed by atoms with van der Waals surface area (Å²) in [4.78, 5) is 24.9. The lowest BCUT2D eigenvalue weighted by Crippen LogP contribution is -2.50. The molecular weight excluding hydrogens is 351 g/mol. The largest absolute Gasteiger partial charge is 0.480 e. The maximum Gasteiger partial charge on any atom is 0.323 e. The first-order valence-electron chi connectivity index (χ1n) is 8.01. The van der Waals surface area contributed by atoms with Crippen LogP contribution in [0.4, 0.5) is 4.39 Å². The van der Waals surface area contributed by atoms with Crippen molar-refractivity contribution in [1.29, 1.82) is 0 Å². The van der Waals surface area contributed by atoms with E-state index in [-0.39, 0.29) is 24.4 Å². The number of hydrogen-bond donors (Lipinski definition) is 1. The fraction of sp³-hybridized carbons (Fsp3) is 0.500. The number of benzene rings is 1. The van der Waals surface area contributed by atoms with E-state index in [0.29, 0.717) is 12.8 Å². The van der Waals surface area contributed by atoms with E-state index in [1.165, 1.54) is 22.5 Å². The predicted molar refractivity (Wildman–Crippen MR) is 89.1 cm³/mol. The van der Waals surface area contributed by atoms with Gasteiger partial charge in [-0.05, 0) is 31.9 Å². The summed E-state index contributed by atoms with van der Waals surface area (Å²) in [7, 11) is -3.32. The molecule has 1 N–H and O–H groups in total. The molecule has 1 heterocycles. The van der Waals surface area contributed by atoms with Crippen molar-refractivity contribution in [3.05, 3.63) is 35.6 Å². The molecule has 9 heteroatoms. The number of carboxylic acid groups (broad SMARTS) is 1. The third-order valence-electron chi connectivity index (χ3n) is 4.29. The summed E-state index contributed by atoms with van der Waals surface area (Å²) in [6, 6.07) is 4.95. The first kappa shape index (κ1) is 19.3. The molecule has 2 rings (SSSR count). The van der Waals surface area contributed by atoms with E-state index < -0.39 is 40.3 Å². The third kappa shape index (κ3) is 4.55. The number of amides is 1. The molecule has 7 nitrogen and oxygen atoms in total. The van der Waals surface area contributed by atoms with Crippen molar-refractivity contribution in [3.63, 3.8) is 0 Å². The maximum absolute atomic E-state index is 13.9. The highest BCUT2D eigenvalue weighted by Gasteiger charge is 2.33. The highest BCUT2D eigenvalue weighted by molar-refractivity contribution is 7.89. The molecule has 0 aromatic heterocycles. The average molecular weight is 372 g/mol. The quantitative estimate of drug-likeness (QED) is 0.809. The second-order valence-electron chi connectivity index (χ2n) is 5.84. The molecule has 0 spiro atoms. The molecule has 1 aromatic rings. The van der Waals surface area contributed by atoms with E-state index in [1.54, 1.807) is 6.92 Å². The van der Waals surface area contributed by atoms with Crippen LogP contribution in [0.2, 0.25) is 0 Å². The Morgan fingerprint density at radius 2 is 1.88 bits per heavy atom. The number of carbonyl (C=O) groups excluding carboxylic acids is 1. The fourth-order valence-corrected chi connectivity index (χ4v) is 4.05. The summed E-state index contributed by atoms with van der Waals surface area (Å²) in [5.41, 5.74) is -0.188. The molecule has 0 radical (unpaired) electrons. The van der Waals surface area contributed by atoms with Crippen LogP contribution >= 0.6 is 0 Å². The minimum absolute atomic E-state index is 0.00926. The number of aliphatic carboxylic acids is 1. The number of nitrogens with zero attached hydrogens (tertiary/aromatic N) is 2. The minimum atomic E-state index is -3.32. The van der Waals surface area contributed by atoms with Crippen LogP contribution in [0.3, 0.4) is 0 Å². The standard InChI is InChI=1S/C16H21FN2O5S/c1-2-25(23,24)18-9-7-12(8-10-18)19(11-15(20)21)16(22)13-5-3-4-6-14(13)17/h3-6,12H,2,7-11H2,1H3,(H,20,21). The third-order valence-corrected chi connectivity index (χ3v) is 6.17. The topological polar surface area (TPSA) is 95.0 Å². The van der Waals surface area contributed by atoms with Crippen LogP contribution in [0.5, 0.6) is 0 Å². The van der Waals surface area contributed by atoms with Gasteiger partial charge in [0.25, 0.3) is 5.91 Å². The van der Waals surface area contributed by atoms with Crippen LogP contribution in [0.15, 0.2) is 24.3 Å². The van der Waals surface area contributed by atoms with Crippen molar-refractivity contribution in [1.82, 2.24) is 9.21 Å². The van der Waals surface area contributed by atoms with E-state index in [1.807, 2.05) is 0 Å². The zero-order valence-electron chi connectivity index (χ0n) is 13.9. The molecule has 1 aliphatic rings. The van der Waals surface area contributed by atoms with Crippen LogP contribution in [0.25, 0.3) is 0 Å². The van der Waals surface area contributed by atoms with Gasteiger partial charge in [-0.3, -0.25) is 9.59 Å². The van der Waals surface area contributed by atoms with Gasteiger partial charge in [0.1, 0.15) is 12.4 Å². The summed E-state index contributed by atoms with van der Waals surface area (Å²) in [5.74, 6) is -2.62. The number of rotatable bonds is 6. The molecule has 0 aliphatic carbocycles. The van der Waals surface area contributed by atoms with Crippen LogP contribution in [-0.2, 0) is 14.8 Å². The van der Waals surface area contributed by atoms with E-state index in [4.69, 9.17) is 5.11 Å². The molecule has 1 saturated heterocycles. The fourth-order valence-electron chi connectivity index (χ4n) is 2.92. The van der Waals surface area contributed by atoms with Crippen molar-refractivity contribution in [3.8, 4) is 0 Å². The molecule has 138 valence electrons. The second-order valence-corrected chi connectivity index (χ2v) is 8.09. The molecule has 1 fully saturated rings. The van der Waals surface area contributed by atoms with Crippen molar-refractivity contribution in [2.24, 2.45) is 0 Å². The van der Waals surface area contributed by atoms with Gasteiger partial charge in [-0.2, -0.15) is 0 Å². The Balaban J connectivity index is 2.18. The number of carbonyl (C=O) groups is 2. The number of piperidine rings is 1. The highest BCUT2D eigenvalue weighted by atomic mass is 32.2. The second kappa shape index (κ2) is 7.92. The van der Waals surface area contributed by atoms with E-state index in [2.05, 4.69) is 0 Å². The van der Waals surface area contributed by atoms with E-state index >= 15 is 0 Å². The van der Waals surface area contributed by atoms with Crippen molar-refractivity contribution in [2.75, 3.05) is 25.4 Å². The molecule has 0 bridgehead atoms. The summed E-state index contributed by atoms with van der Waals surface area (Å²) in [6.07, 6.45) is 0.624. The van der Waals surface area contributed by atoms with E-state index in [9.17, 15) is 22.4 Å². The molecule has 0 unspecified atom stereocenters. The van der Waals surface area contributed by atoms with Gasteiger partial charge in [-0.15, -0.1) is 0 Å². The molecule has 0 saturated carbocycles. The van der Waals surface area contributed by atoms with Gasteiger partial charge in [0.05, 0.1) is 11.3 Å². The summed E-state index contributed by atoms with van der Waals surface area (Å²) in [6.45, 7) is 1.42. The van der Waals surface area contributed by atoms with Crippen molar-refractivity contribution in [2.45, 2.75) is 25.8 Å². The Hall–Kier alpha value is -2.00. The molecule has 1 aliphatic heterocycles. The van der Waals surface area contributed by atoms with Crippen LogP contribution in [0, 0.1) is 5.82 Å². The van der Waals surface area contributed by atoms with Gasteiger partial charge in [0.15, 0.2) is 0 Å². The summed E-state index contributed by atoms with van der Waals surface area (Å²) < 4.78 is 39.1. The van der Waals surface area contributed by atoms with E-state index in [0.717, 1.165) is 11.0 Å². The van der Waals surface area contributed by atoms with Crippen molar-refractivity contribution < 1.29 is 27.5 Å². The number of sulfonamides is 1. The maximum atomic E-state index is 13.9. The van der Waals surface area contributed by atoms with Crippen molar-refractivity contribution >= 4 is 21.9 Å². The highest BCUT2D eigenvalue weighted by Crippen LogP contribution is 2.22. The molecule has 0 atom stereocenters. The smallest absolute Gasteiger partial charge is 0.323 e. The Labute approximate surface area is 146 Å². The lowest BCUT2D eigenvalue weighted by Gasteiger charge is -2.37. The lowest BCUT2D eigenvalue weighted by molar-refractivity contribution is -0.138. The predicted octanol–water partition coefficient (Wildman–Crippen LogP) is 1.17. The van der Waals surface area contributed by atoms with Crippen LogP contribution in [0.1, 0.15) is 30.1 Å². The molecule has 1 amide bonds. The Kier molecular flexibility index (Phi) is 6.12. The zero-order chi connectivity index (χ0) is 18.6. The normalized spacial score (nSPS) is 16.6. The lowest BCUT2D eigenvalue weighted by atomic mass is 10.0. The summed E-state index contributed by atoms with van der Waals surface area (Å²) in [5, 5.41) is 9.11. The minimum Gasteiger partial charge on any atom is -0.480 e. The van der Waals surface area contributed by atoms with Gasteiger partial charge in [0.2, 0.25) is 10.0 Å². The van der Waals surface area contributed by atoms with Gasteiger partial charge in [-0.1, -0.05) is 12.1 Å². The van der Waals surface area contributed by atoms with Crippen LogP contribution in [-0.4, -0.2) is 66.0 Å². The number of halogens is 1. The Morgan fingerprint density at radius 1 is 1.28 bits per heavy atom. The SMILES string of the molecule is CCS(=O)(=O)N1CCC(N(CC(=O)O)C(=O)c2ccccc2F)CC1. The first-order valence-corrected chi connectivity index (χ1v) is 9.62. The van der Waals surface area contributed by atoms with Crippen LogP contribution < -0.4 is 0 Å². The summed E-state index contributed by atoms with van der Waals surface area (Å²) >= 11 is 0. The number of carboxylic acids is 1. The first-order chi connectivity index (χ1) is 11.8. The van der Waals surface area contributed by atoms with Gasteiger partial charge in [0, 0.05) is 19.1 Å². The van der Waals surface area contributed by atoms with Gasteiger partial charge in [-0.25, -0.2) is 17.1 Å².